The summed E-state index contributed by atoms with van der Waals surface area (Å²) in [6.45, 7) is 7.12. The van der Waals surface area contributed by atoms with E-state index in [0.717, 1.165) is 13.0 Å². The van der Waals surface area contributed by atoms with Gasteiger partial charge in [-0.1, -0.05) is 13.8 Å². The molecule has 2 unspecified atom stereocenters. The van der Waals surface area contributed by atoms with E-state index < -0.39 is 0 Å². The SMILES string of the molecule is CCN1C(=O)C(CC(C)C)NC1c1ccsc1. The Balaban J connectivity index is 2.15. The number of likely N-dealkylation sites (N-methyl/N-ethyl adjacent to an activating group) is 1. The number of rotatable bonds is 4. The van der Waals surface area contributed by atoms with Crippen molar-refractivity contribution in [3.63, 3.8) is 0 Å². The van der Waals surface area contributed by atoms with Crippen molar-refractivity contribution in [2.24, 2.45) is 5.92 Å². The largest absolute Gasteiger partial charge is 0.322 e. The molecule has 1 aliphatic rings. The van der Waals surface area contributed by atoms with E-state index in [1.807, 2.05) is 11.8 Å². The average molecular weight is 252 g/mol. The third-order valence-electron chi connectivity index (χ3n) is 3.16. The molecule has 0 spiro atoms. The van der Waals surface area contributed by atoms with Gasteiger partial charge < -0.3 is 4.90 Å². The van der Waals surface area contributed by atoms with E-state index in [9.17, 15) is 4.79 Å². The van der Waals surface area contributed by atoms with Crippen molar-refractivity contribution in [2.45, 2.75) is 39.4 Å². The predicted octanol–water partition coefficient (Wildman–Crippen LogP) is 2.61. The molecule has 1 N–H and O–H groups in total. The molecule has 4 heteroatoms. The van der Waals surface area contributed by atoms with Crippen LogP contribution in [0.25, 0.3) is 0 Å². The van der Waals surface area contributed by atoms with E-state index >= 15 is 0 Å². The zero-order valence-corrected chi connectivity index (χ0v) is 11.5. The van der Waals surface area contributed by atoms with E-state index in [4.69, 9.17) is 0 Å². The van der Waals surface area contributed by atoms with Crippen molar-refractivity contribution in [3.8, 4) is 0 Å². The molecule has 1 aromatic rings. The molecule has 0 saturated carbocycles. The molecule has 2 rings (SSSR count). The number of hydrogen-bond donors (Lipinski definition) is 1. The van der Waals surface area contributed by atoms with Gasteiger partial charge in [0.15, 0.2) is 0 Å². The summed E-state index contributed by atoms with van der Waals surface area (Å²) in [5, 5.41) is 7.64. The number of carbonyl (C=O) groups is 1. The molecular formula is C13H20N2OS. The zero-order valence-electron chi connectivity index (χ0n) is 10.6. The van der Waals surface area contributed by atoms with Crippen molar-refractivity contribution < 1.29 is 4.79 Å². The third kappa shape index (κ3) is 2.53. The minimum absolute atomic E-state index is 0.0140. The van der Waals surface area contributed by atoms with E-state index in [1.165, 1.54) is 5.56 Å². The average Bonchev–Trinajstić information content (AvgIpc) is 2.87. The van der Waals surface area contributed by atoms with Crippen LogP contribution in [0.2, 0.25) is 0 Å². The lowest BCUT2D eigenvalue weighted by Crippen LogP contribution is -2.31. The van der Waals surface area contributed by atoms with Crippen molar-refractivity contribution in [1.29, 1.82) is 0 Å². The monoisotopic (exact) mass is 252 g/mol. The maximum absolute atomic E-state index is 12.2. The van der Waals surface area contributed by atoms with Gasteiger partial charge in [-0.05, 0) is 41.7 Å². The highest BCUT2D eigenvalue weighted by atomic mass is 32.1. The van der Waals surface area contributed by atoms with Gasteiger partial charge in [0.05, 0.1) is 6.04 Å². The molecule has 2 heterocycles. The normalized spacial score (nSPS) is 24.9. The number of carbonyl (C=O) groups excluding carboxylic acids is 1. The number of nitrogens with one attached hydrogen (secondary N) is 1. The summed E-state index contributed by atoms with van der Waals surface area (Å²) in [6.07, 6.45) is 0.984. The van der Waals surface area contributed by atoms with Crippen LogP contribution in [0.4, 0.5) is 0 Å². The van der Waals surface area contributed by atoms with Gasteiger partial charge in [0.2, 0.25) is 5.91 Å². The first-order valence-corrected chi connectivity index (χ1v) is 7.16. The standard InChI is InChI=1S/C13H20N2OS/c1-4-15-12(10-5-6-17-8-10)14-11(13(15)16)7-9(2)3/h5-6,8-9,11-12,14H,4,7H2,1-3H3. The van der Waals surface area contributed by atoms with E-state index in [0.29, 0.717) is 5.92 Å². The predicted molar refractivity (Wildman–Crippen MR) is 70.8 cm³/mol. The molecule has 1 fully saturated rings. The summed E-state index contributed by atoms with van der Waals surface area (Å²) < 4.78 is 0. The first kappa shape index (κ1) is 12.6. The molecular weight excluding hydrogens is 232 g/mol. The van der Waals surface area contributed by atoms with Crippen LogP contribution in [-0.2, 0) is 4.79 Å². The Morgan fingerprint density at radius 2 is 2.29 bits per heavy atom. The van der Waals surface area contributed by atoms with Crippen molar-refractivity contribution in [1.82, 2.24) is 10.2 Å². The lowest BCUT2D eigenvalue weighted by atomic mass is 10.0. The molecule has 1 amide bonds. The Labute approximate surface area is 107 Å². The number of amides is 1. The van der Waals surface area contributed by atoms with Gasteiger partial charge in [0, 0.05) is 6.54 Å². The van der Waals surface area contributed by atoms with Crippen LogP contribution in [0.15, 0.2) is 16.8 Å². The van der Waals surface area contributed by atoms with Gasteiger partial charge in [-0.3, -0.25) is 10.1 Å². The van der Waals surface area contributed by atoms with E-state index in [1.54, 1.807) is 11.3 Å². The molecule has 0 aromatic carbocycles. The number of nitrogens with zero attached hydrogens (tertiary/aromatic N) is 1. The molecule has 1 aliphatic heterocycles. The molecule has 3 nitrogen and oxygen atoms in total. The fourth-order valence-electron chi connectivity index (χ4n) is 2.36. The Kier molecular flexibility index (Phi) is 3.84. The summed E-state index contributed by atoms with van der Waals surface area (Å²) in [5.74, 6) is 0.786. The lowest BCUT2D eigenvalue weighted by Gasteiger charge is -2.21. The Morgan fingerprint density at radius 1 is 1.53 bits per heavy atom. The molecule has 2 atom stereocenters. The third-order valence-corrected chi connectivity index (χ3v) is 3.86. The van der Waals surface area contributed by atoms with Gasteiger partial charge in [-0.25, -0.2) is 0 Å². The van der Waals surface area contributed by atoms with Gasteiger partial charge in [-0.2, -0.15) is 11.3 Å². The zero-order chi connectivity index (χ0) is 12.4. The topological polar surface area (TPSA) is 32.3 Å². The lowest BCUT2D eigenvalue weighted by molar-refractivity contribution is -0.130. The van der Waals surface area contributed by atoms with Crippen molar-refractivity contribution in [3.05, 3.63) is 22.4 Å². The summed E-state index contributed by atoms with van der Waals surface area (Å²) in [6, 6.07) is 2.08. The van der Waals surface area contributed by atoms with Gasteiger partial charge in [-0.15, -0.1) is 0 Å². The molecule has 0 aliphatic carbocycles. The highest BCUT2D eigenvalue weighted by Crippen LogP contribution is 2.28. The molecule has 1 saturated heterocycles. The fraction of sp³-hybridized carbons (Fsp3) is 0.615. The number of hydrogen-bond acceptors (Lipinski definition) is 3. The van der Waals surface area contributed by atoms with E-state index in [2.05, 4.69) is 36.0 Å². The maximum atomic E-state index is 12.2. The van der Waals surface area contributed by atoms with Crippen LogP contribution in [-0.4, -0.2) is 23.4 Å². The van der Waals surface area contributed by atoms with Crippen LogP contribution in [0.1, 0.15) is 38.9 Å². The van der Waals surface area contributed by atoms with Crippen LogP contribution in [0.3, 0.4) is 0 Å². The van der Waals surface area contributed by atoms with Crippen LogP contribution in [0, 0.1) is 5.92 Å². The molecule has 94 valence electrons. The molecule has 17 heavy (non-hydrogen) atoms. The molecule has 1 aromatic heterocycles. The summed E-state index contributed by atoms with van der Waals surface area (Å²) in [4.78, 5) is 14.2. The first-order chi connectivity index (χ1) is 8.13. The van der Waals surface area contributed by atoms with Crippen molar-refractivity contribution >= 4 is 17.2 Å². The smallest absolute Gasteiger partial charge is 0.241 e. The second-order valence-electron chi connectivity index (χ2n) is 4.93. The highest BCUT2D eigenvalue weighted by molar-refractivity contribution is 7.07. The molecule has 0 bridgehead atoms. The summed E-state index contributed by atoms with van der Waals surface area (Å²) >= 11 is 1.68. The first-order valence-electron chi connectivity index (χ1n) is 6.22. The van der Waals surface area contributed by atoms with Gasteiger partial charge >= 0.3 is 0 Å². The second kappa shape index (κ2) is 5.19. The Morgan fingerprint density at radius 3 is 2.82 bits per heavy atom. The van der Waals surface area contributed by atoms with Gasteiger partial charge in [0.1, 0.15) is 6.17 Å². The fourth-order valence-corrected chi connectivity index (χ4v) is 3.04. The summed E-state index contributed by atoms with van der Waals surface area (Å²) in [5.41, 5.74) is 1.21. The second-order valence-corrected chi connectivity index (χ2v) is 5.71. The van der Waals surface area contributed by atoms with Crippen LogP contribution >= 0.6 is 11.3 Å². The van der Waals surface area contributed by atoms with Crippen molar-refractivity contribution in [2.75, 3.05) is 6.54 Å². The maximum Gasteiger partial charge on any atom is 0.241 e. The van der Waals surface area contributed by atoms with E-state index in [-0.39, 0.29) is 18.1 Å². The summed E-state index contributed by atoms with van der Waals surface area (Å²) in [7, 11) is 0. The Bertz CT molecular complexity index is 375. The number of thiophene rings is 1. The van der Waals surface area contributed by atoms with Gasteiger partial charge in [0.25, 0.3) is 0 Å². The minimum Gasteiger partial charge on any atom is -0.322 e. The quantitative estimate of drug-likeness (QED) is 0.893. The molecule has 0 radical (unpaired) electrons. The minimum atomic E-state index is -0.0140. The van der Waals surface area contributed by atoms with Crippen LogP contribution < -0.4 is 5.32 Å². The Hall–Kier alpha value is -0.870. The highest BCUT2D eigenvalue weighted by Gasteiger charge is 2.38. The van der Waals surface area contributed by atoms with Crippen LogP contribution in [0.5, 0.6) is 0 Å².